The summed E-state index contributed by atoms with van der Waals surface area (Å²) in [5.41, 5.74) is 2.28. The van der Waals surface area contributed by atoms with Crippen LogP contribution in [0.1, 0.15) is 17.1 Å². The van der Waals surface area contributed by atoms with Crippen LogP contribution in [0.2, 0.25) is 0 Å². The molecule has 3 heteroatoms. The van der Waals surface area contributed by atoms with Crippen molar-refractivity contribution in [1.82, 2.24) is 0 Å². The number of aryl methyl sites for hydroxylation is 3. The van der Waals surface area contributed by atoms with Crippen molar-refractivity contribution in [2.45, 2.75) is 20.8 Å². The van der Waals surface area contributed by atoms with Crippen LogP contribution in [0.25, 0.3) is 21.9 Å². The van der Waals surface area contributed by atoms with Crippen molar-refractivity contribution in [3.63, 3.8) is 0 Å². The third-order valence-electron chi connectivity index (χ3n) is 2.94. The molecule has 0 N–H and O–H groups in total. The van der Waals surface area contributed by atoms with E-state index in [1.807, 2.05) is 26.0 Å². The van der Waals surface area contributed by atoms with Crippen LogP contribution in [0, 0.1) is 20.8 Å². The number of rotatable bonds is 0. The highest BCUT2D eigenvalue weighted by Gasteiger charge is 2.13. The van der Waals surface area contributed by atoms with Gasteiger partial charge in [0.1, 0.15) is 22.7 Å². The molecule has 0 saturated heterocycles. The highest BCUT2D eigenvalue weighted by Crippen LogP contribution is 2.29. The summed E-state index contributed by atoms with van der Waals surface area (Å²) in [6.07, 6.45) is 0. The molecule has 2 aromatic heterocycles. The van der Waals surface area contributed by atoms with E-state index in [0.29, 0.717) is 16.7 Å². The second kappa shape index (κ2) is 3.23. The Morgan fingerprint density at radius 2 is 1.65 bits per heavy atom. The van der Waals surface area contributed by atoms with E-state index in [1.165, 1.54) is 6.07 Å². The molecule has 1 aromatic carbocycles. The Bertz CT molecular complexity index is 790. The van der Waals surface area contributed by atoms with Gasteiger partial charge in [0, 0.05) is 6.07 Å². The Kier molecular flexibility index (Phi) is 1.93. The number of benzene rings is 1. The number of hydrogen-bond donors (Lipinski definition) is 0. The first-order valence-electron chi connectivity index (χ1n) is 5.50. The van der Waals surface area contributed by atoms with Gasteiger partial charge in [-0.15, -0.1) is 0 Å². The van der Waals surface area contributed by atoms with Gasteiger partial charge in [-0.3, -0.25) is 4.79 Å². The van der Waals surface area contributed by atoms with Crippen LogP contribution in [0.3, 0.4) is 0 Å². The SMILES string of the molecule is Cc1cc2c(cc(C)c3c(=O)cc(C)oc32)o1. The van der Waals surface area contributed by atoms with Gasteiger partial charge >= 0.3 is 0 Å². The molecule has 0 fully saturated rings. The maximum absolute atomic E-state index is 12.0. The minimum atomic E-state index is 0.00185. The van der Waals surface area contributed by atoms with Crippen molar-refractivity contribution in [2.24, 2.45) is 0 Å². The molecule has 0 saturated carbocycles. The van der Waals surface area contributed by atoms with Crippen LogP contribution in [-0.4, -0.2) is 0 Å². The van der Waals surface area contributed by atoms with E-state index in [4.69, 9.17) is 8.83 Å². The van der Waals surface area contributed by atoms with Crippen LogP contribution in [-0.2, 0) is 0 Å². The zero-order chi connectivity index (χ0) is 12.2. The van der Waals surface area contributed by atoms with Gasteiger partial charge < -0.3 is 8.83 Å². The molecule has 17 heavy (non-hydrogen) atoms. The van der Waals surface area contributed by atoms with Crippen LogP contribution in [0.15, 0.2) is 31.8 Å². The molecule has 0 aliphatic heterocycles. The normalized spacial score (nSPS) is 11.5. The summed E-state index contributed by atoms with van der Waals surface area (Å²) < 4.78 is 11.3. The second-order valence-electron chi connectivity index (χ2n) is 4.39. The summed E-state index contributed by atoms with van der Waals surface area (Å²) in [5.74, 6) is 1.43. The molecule has 0 amide bonds. The maximum Gasteiger partial charge on any atom is 0.193 e. The van der Waals surface area contributed by atoms with Gasteiger partial charge in [-0.1, -0.05) is 0 Å². The van der Waals surface area contributed by atoms with Crippen LogP contribution >= 0.6 is 0 Å². The predicted molar refractivity (Wildman–Crippen MR) is 66.5 cm³/mol. The van der Waals surface area contributed by atoms with E-state index in [-0.39, 0.29) is 5.43 Å². The molecule has 0 radical (unpaired) electrons. The van der Waals surface area contributed by atoms with Crippen LogP contribution in [0.5, 0.6) is 0 Å². The van der Waals surface area contributed by atoms with Gasteiger partial charge in [-0.25, -0.2) is 0 Å². The lowest BCUT2D eigenvalue weighted by Crippen LogP contribution is -2.02. The Morgan fingerprint density at radius 3 is 2.41 bits per heavy atom. The molecule has 3 aromatic rings. The summed E-state index contributed by atoms with van der Waals surface area (Å²) in [4.78, 5) is 12.0. The average Bonchev–Trinajstić information content (AvgIpc) is 2.57. The summed E-state index contributed by atoms with van der Waals surface area (Å²) >= 11 is 0. The van der Waals surface area contributed by atoms with E-state index in [9.17, 15) is 4.79 Å². The second-order valence-corrected chi connectivity index (χ2v) is 4.39. The van der Waals surface area contributed by atoms with Crippen molar-refractivity contribution >= 4 is 21.9 Å². The molecule has 0 aliphatic rings. The minimum absolute atomic E-state index is 0.00185. The third-order valence-corrected chi connectivity index (χ3v) is 2.94. The zero-order valence-corrected chi connectivity index (χ0v) is 9.96. The lowest BCUT2D eigenvalue weighted by Gasteiger charge is -2.02. The lowest BCUT2D eigenvalue weighted by atomic mass is 10.1. The molecule has 3 rings (SSSR count). The largest absolute Gasteiger partial charge is 0.461 e. The summed E-state index contributed by atoms with van der Waals surface area (Å²) in [7, 11) is 0. The van der Waals surface area contributed by atoms with Crippen LogP contribution in [0.4, 0.5) is 0 Å². The Hall–Kier alpha value is -2.03. The zero-order valence-electron chi connectivity index (χ0n) is 9.96. The fraction of sp³-hybridized carbons (Fsp3) is 0.214. The molecule has 3 nitrogen and oxygen atoms in total. The number of furan rings is 1. The van der Waals surface area contributed by atoms with E-state index < -0.39 is 0 Å². The van der Waals surface area contributed by atoms with Crippen LogP contribution < -0.4 is 5.43 Å². The number of fused-ring (bicyclic) bond motifs is 3. The number of hydrogen-bond acceptors (Lipinski definition) is 3. The molecular formula is C14H12O3. The molecule has 0 aliphatic carbocycles. The molecule has 0 atom stereocenters. The van der Waals surface area contributed by atoms with Gasteiger partial charge in [0.25, 0.3) is 0 Å². The molecule has 0 spiro atoms. The summed E-state index contributed by atoms with van der Waals surface area (Å²) in [6.45, 7) is 5.56. The average molecular weight is 228 g/mol. The summed E-state index contributed by atoms with van der Waals surface area (Å²) in [5, 5.41) is 1.51. The van der Waals surface area contributed by atoms with Gasteiger partial charge in [0.2, 0.25) is 0 Å². The van der Waals surface area contributed by atoms with Crippen molar-refractivity contribution in [3.05, 3.63) is 45.5 Å². The molecule has 0 unspecified atom stereocenters. The van der Waals surface area contributed by atoms with Crippen molar-refractivity contribution < 1.29 is 8.83 Å². The van der Waals surface area contributed by atoms with Gasteiger partial charge in [0.15, 0.2) is 5.43 Å². The smallest absolute Gasteiger partial charge is 0.193 e. The maximum atomic E-state index is 12.0. The topological polar surface area (TPSA) is 43.4 Å². The first-order valence-corrected chi connectivity index (χ1v) is 5.50. The predicted octanol–water partition coefficient (Wildman–Crippen LogP) is 3.46. The van der Waals surface area contributed by atoms with Gasteiger partial charge in [-0.2, -0.15) is 0 Å². The standard InChI is InChI=1S/C14H12O3/c1-7-4-12-10(5-8(2)16-12)14-13(7)11(15)6-9(3)17-14/h4-6H,1-3H3. The van der Waals surface area contributed by atoms with E-state index in [1.54, 1.807) is 6.92 Å². The van der Waals surface area contributed by atoms with E-state index in [0.717, 1.165) is 22.3 Å². The highest BCUT2D eigenvalue weighted by molar-refractivity contribution is 6.03. The monoisotopic (exact) mass is 228 g/mol. The Morgan fingerprint density at radius 1 is 0.941 bits per heavy atom. The van der Waals surface area contributed by atoms with Crippen molar-refractivity contribution in [2.75, 3.05) is 0 Å². The first kappa shape index (κ1) is 10.1. The highest BCUT2D eigenvalue weighted by atomic mass is 16.3. The van der Waals surface area contributed by atoms with Gasteiger partial charge in [0.05, 0.1) is 10.8 Å². The molecular weight excluding hydrogens is 216 g/mol. The fourth-order valence-corrected chi connectivity index (χ4v) is 2.26. The Balaban J connectivity index is 2.68. The van der Waals surface area contributed by atoms with Crippen molar-refractivity contribution in [1.29, 1.82) is 0 Å². The molecule has 86 valence electrons. The van der Waals surface area contributed by atoms with E-state index in [2.05, 4.69) is 0 Å². The van der Waals surface area contributed by atoms with Crippen molar-refractivity contribution in [3.8, 4) is 0 Å². The minimum Gasteiger partial charge on any atom is -0.461 e. The van der Waals surface area contributed by atoms with Gasteiger partial charge in [-0.05, 0) is 38.5 Å². The fourth-order valence-electron chi connectivity index (χ4n) is 2.26. The first-order chi connectivity index (χ1) is 8.06. The third kappa shape index (κ3) is 1.39. The summed E-state index contributed by atoms with van der Waals surface area (Å²) in [6, 6.07) is 5.31. The lowest BCUT2D eigenvalue weighted by molar-refractivity contribution is 0.565. The quantitative estimate of drug-likeness (QED) is 0.591. The molecule has 2 heterocycles. The van der Waals surface area contributed by atoms with E-state index >= 15 is 0 Å². The Labute approximate surface area is 97.7 Å². The molecule has 0 bridgehead atoms.